The summed E-state index contributed by atoms with van der Waals surface area (Å²) in [6.07, 6.45) is 5.03. The van der Waals surface area contributed by atoms with Crippen LogP contribution in [-0.2, 0) is 11.3 Å². The number of hydrogen-bond donors (Lipinski definition) is 2. The zero-order chi connectivity index (χ0) is 15.1. The molecule has 0 bridgehead atoms. The number of nitrogens with zero attached hydrogens (tertiary/aromatic N) is 1. The molecule has 0 fully saturated rings. The van der Waals surface area contributed by atoms with Gasteiger partial charge < -0.3 is 15.3 Å². The summed E-state index contributed by atoms with van der Waals surface area (Å²) in [5.41, 5.74) is 0.940. The van der Waals surface area contributed by atoms with E-state index in [1.165, 1.54) is 4.90 Å². The molecule has 0 heterocycles. The quantitative estimate of drug-likeness (QED) is 0.807. The van der Waals surface area contributed by atoms with Crippen LogP contribution in [-0.4, -0.2) is 35.1 Å². The number of halogens is 1. The van der Waals surface area contributed by atoms with Crippen molar-refractivity contribution in [2.75, 3.05) is 7.05 Å². The van der Waals surface area contributed by atoms with E-state index >= 15 is 0 Å². The van der Waals surface area contributed by atoms with Gasteiger partial charge in [-0.1, -0.05) is 28.1 Å². The van der Waals surface area contributed by atoms with Crippen LogP contribution in [0.15, 0.2) is 28.7 Å². The molecule has 1 aromatic rings. The maximum Gasteiger partial charge on any atom is 0.327 e. The lowest BCUT2D eigenvalue weighted by Crippen LogP contribution is -2.46. The maximum atomic E-state index is 11.9. The normalized spacial score (nSPS) is 11.2. The van der Waals surface area contributed by atoms with Crippen molar-refractivity contribution in [1.82, 2.24) is 10.2 Å². The molecule has 0 aliphatic heterocycles. The van der Waals surface area contributed by atoms with E-state index in [0.29, 0.717) is 6.54 Å². The van der Waals surface area contributed by atoms with E-state index in [1.807, 2.05) is 24.3 Å². The van der Waals surface area contributed by atoms with E-state index in [2.05, 4.69) is 27.2 Å². The molecule has 1 atom stereocenters. The Hall–Kier alpha value is -2.00. The van der Waals surface area contributed by atoms with Crippen LogP contribution in [0.3, 0.4) is 0 Å². The standard InChI is InChI=1S/C14H15BrN2O3/c1-3-4-12(13(18)19)16-14(20)17(2)9-10-5-7-11(15)8-6-10/h1,5-8,12H,4,9H2,2H3,(H,16,20)(H,18,19). The van der Waals surface area contributed by atoms with Crippen molar-refractivity contribution < 1.29 is 14.7 Å². The first-order valence-corrected chi connectivity index (χ1v) is 6.65. The predicted octanol–water partition coefficient (Wildman–Crippen LogP) is 2.07. The van der Waals surface area contributed by atoms with Crippen LogP contribution in [0.1, 0.15) is 12.0 Å². The average Bonchev–Trinajstić information content (AvgIpc) is 2.40. The summed E-state index contributed by atoms with van der Waals surface area (Å²) in [6, 6.07) is 5.96. The fraction of sp³-hybridized carbons (Fsp3) is 0.286. The van der Waals surface area contributed by atoms with Gasteiger partial charge in [0, 0.05) is 24.5 Å². The van der Waals surface area contributed by atoms with Crippen LogP contribution in [0.4, 0.5) is 4.79 Å². The van der Waals surface area contributed by atoms with Gasteiger partial charge in [-0.15, -0.1) is 12.3 Å². The Morgan fingerprint density at radius 2 is 2.05 bits per heavy atom. The molecule has 0 spiro atoms. The highest BCUT2D eigenvalue weighted by molar-refractivity contribution is 9.10. The fourth-order valence-electron chi connectivity index (χ4n) is 1.51. The molecule has 0 aliphatic carbocycles. The lowest BCUT2D eigenvalue weighted by Gasteiger charge is -2.20. The molecule has 106 valence electrons. The number of nitrogens with one attached hydrogen (secondary N) is 1. The Morgan fingerprint density at radius 1 is 1.45 bits per heavy atom. The van der Waals surface area contributed by atoms with Crippen molar-refractivity contribution in [2.45, 2.75) is 19.0 Å². The lowest BCUT2D eigenvalue weighted by molar-refractivity contribution is -0.139. The van der Waals surface area contributed by atoms with Gasteiger partial charge in [0.25, 0.3) is 0 Å². The molecule has 1 unspecified atom stereocenters. The summed E-state index contributed by atoms with van der Waals surface area (Å²) in [7, 11) is 1.59. The van der Waals surface area contributed by atoms with Gasteiger partial charge in [-0.3, -0.25) is 0 Å². The predicted molar refractivity (Wildman–Crippen MR) is 79.0 cm³/mol. The minimum atomic E-state index is -1.15. The number of benzene rings is 1. The molecular formula is C14H15BrN2O3. The molecule has 2 amide bonds. The van der Waals surface area contributed by atoms with Gasteiger partial charge in [0.1, 0.15) is 6.04 Å². The molecule has 0 aromatic heterocycles. The molecule has 2 N–H and O–H groups in total. The van der Waals surface area contributed by atoms with Crippen molar-refractivity contribution in [3.05, 3.63) is 34.3 Å². The molecule has 1 aromatic carbocycles. The highest BCUT2D eigenvalue weighted by atomic mass is 79.9. The number of carboxylic acids is 1. The van der Waals surface area contributed by atoms with Crippen LogP contribution < -0.4 is 5.32 Å². The molecule has 0 aliphatic rings. The number of carbonyl (C=O) groups excluding carboxylic acids is 1. The number of amides is 2. The van der Waals surface area contributed by atoms with Gasteiger partial charge in [0.15, 0.2) is 0 Å². The minimum absolute atomic E-state index is 0.0484. The highest BCUT2D eigenvalue weighted by Gasteiger charge is 2.20. The summed E-state index contributed by atoms with van der Waals surface area (Å²) in [6.45, 7) is 0.376. The van der Waals surface area contributed by atoms with E-state index in [9.17, 15) is 9.59 Å². The monoisotopic (exact) mass is 338 g/mol. The van der Waals surface area contributed by atoms with Crippen LogP contribution in [0.2, 0.25) is 0 Å². The third-order valence-corrected chi connectivity index (χ3v) is 3.13. The second kappa shape index (κ2) is 7.56. The minimum Gasteiger partial charge on any atom is -0.480 e. The van der Waals surface area contributed by atoms with Gasteiger partial charge in [0.2, 0.25) is 0 Å². The number of urea groups is 1. The Kier molecular flexibility index (Phi) is 6.07. The zero-order valence-electron chi connectivity index (χ0n) is 11.0. The first-order valence-electron chi connectivity index (χ1n) is 5.86. The average molecular weight is 339 g/mol. The second-order valence-corrected chi connectivity index (χ2v) is 5.15. The Labute approximate surface area is 126 Å². The smallest absolute Gasteiger partial charge is 0.327 e. The van der Waals surface area contributed by atoms with Crippen LogP contribution in [0.25, 0.3) is 0 Å². The third kappa shape index (κ3) is 4.94. The number of terminal acetylenes is 1. The Bertz CT molecular complexity index is 522. The van der Waals surface area contributed by atoms with E-state index in [0.717, 1.165) is 10.0 Å². The van der Waals surface area contributed by atoms with Crippen molar-refractivity contribution in [3.63, 3.8) is 0 Å². The van der Waals surface area contributed by atoms with Crippen LogP contribution in [0, 0.1) is 12.3 Å². The summed E-state index contributed by atoms with van der Waals surface area (Å²) < 4.78 is 0.952. The van der Waals surface area contributed by atoms with Crippen molar-refractivity contribution in [3.8, 4) is 12.3 Å². The third-order valence-electron chi connectivity index (χ3n) is 2.60. The molecular weight excluding hydrogens is 324 g/mol. The summed E-state index contributed by atoms with van der Waals surface area (Å²) in [4.78, 5) is 24.2. The van der Waals surface area contributed by atoms with Crippen molar-refractivity contribution >= 4 is 27.9 Å². The Morgan fingerprint density at radius 3 is 2.55 bits per heavy atom. The molecule has 0 saturated carbocycles. The van der Waals surface area contributed by atoms with Crippen molar-refractivity contribution in [2.24, 2.45) is 0 Å². The molecule has 0 saturated heterocycles. The topological polar surface area (TPSA) is 69.6 Å². The van der Waals surface area contributed by atoms with Crippen molar-refractivity contribution in [1.29, 1.82) is 0 Å². The van der Waals surface area contributed by atoms with E-state index in [1.54, 1.807) is 7.05 Å². The summed E-state index contributed by atoms with van der Waals surface area (Å²) in [5, 5.41) is 11.3. The van der Waals surface area contributed by atoms with E-state index < -0.39 is 18.0 Å². The number of carboxylic acid groups (broad SMARTS) is 1. The molecule has 5 nitrogen and oxygen atoms in total. The number of aliphatic carboxylic acids is 1. The first-order chi connectivity index (χ1) is 9.43. The molecule has 6 heteroatoms. The summed E-state index contributed by atoms with van der Waals surface area (Å²) in [5.74, 6) is 1.09. The van der Waals surface area contributed by atoms with Gasteiger partial charge in [-0.2, -0.15) is 0 Å². The summed E-state index contributed by atoms with van der Waals surface area (Å²) >= 11 is 3.33. The van der Waals surface area contributed by atoms with Gasteiger partial charge >= 0.3 is 12.0 Å². The fourth-order valence-corrected chi connectivity index (χ4v) is 1.78. The maximum absolute atomic E-state index is 11.9. The van der Waals surface area contributed by atoms with Crippen LogP contribution >= 0.6 is 15.9 Å². The van der Waals surface area contributed by atoms with Crippen LogP contribution in [0.5, 0.6) is 0 Å². The molecule has 1 rings (SSSR count). The zero-order valence-corrected chi connectivity index (χ0v) is 12.6. The number of carbonyl (C=O) groups is 2. The molecule has 0 radical (unpaired) electrons. The highest BCUT2D eigenvalue weighted by Crippen LogP contribution is 2.11. The second-order valence-electron chi connectivity index (χ2n) is 4.23. The SMILES string of the molecule is C#CCC(NC(=O)N(C)Cc1ccc(Br)cc1)C(=O)O. The largest absolute Gasteiger partial charge is 0.480 e. The number of hydrogen-bond acceptors (Lipinski definition) is 2. The van der Waals surface area contributed by atoms with Gasteiger partial charge in [0.05, 0.1) is 0 Å². The Balaban J connectivity index is 2.60. The van der Waals surface area contributed by atoms with E-state index in [4.69, 9.17) is 11.5 Å². The lowest BCUT2D eigenvalue weighted by atomic mass is 10.2. The van der Waals surface area contributed by atoms with Gasteiger partial charge in [-0.25, -0.2) is 9.59 Å². The number of rotatable bonds is 5. The first kappa shape index (κ1) is 16.1. The van der Waals surface area contributed by atoms with Gasteiger partial charge in [-0.05, 0) is 17.7 Å². The van der Waals surface area contributed by atoms with E-state index in [-0.39, 0.29) is 6.42 Å². The molecule has 20 heavy (non-hydrogen) atoms.